The van der Waals surface area contributed by atoms with Crippen LogP contribution in [0, 0.1) is 5.82 Å². The molecule has 0 atom stereocenters. The van der Waals surface area contributed by atoms with Crippen LogP contribution >= 0.6 is 11.6 Å². The summed E-state index contributed by atoms with van der Waals surface area (Å²) in [5, 5.41) is 8.39. The number of halogens is 5. The van der Waals surface area contributed by atoms with Crippen molar-refractivity contribution in [3.05, 3.63) is 58.9 Å². The van der Waals surface area contributed by atoms with Crippen molar-refractivity contribution in [2.45, 2.75) is 17.5 Å². The second kappa shape index (κ2) is 7.90. The third-order valence-electron chi connectivity index (χ3n) is 4.07. The summed E-state index contributed by atoms with van der Waals surface area (Å²) in [6.07, 6.45) is -4.70. The first-order valence-electron chi connectivity index (χ1n) is 8.20. The van der Waals surface area contributed by atoms with Crippen LogP contribution in [0.25, 0.3) is 16.8 Å². The van der Waals surface area contributed by atoms with E-state index in [-0.39, 0.29) is 21.7 Å². The molecule has 3 aromatic rings. The van der Waals surface area contributed by atoms with Crippen molar-refractivity contribution >= 4 is 27.5 Å². The van der Waals surface area contributed by atoms with E-state index < -0.39 is 50.8 Å². The van der Waals surface area contributed by atoms with Gasteiger partial charge in [-0.2, -0.15) is 13.2 Å². The van der Waals surface area contributed by atoms with Crippen LogP contribution in [0.2, 0.25) is 5.02 Å². The van der Waals surface area contributed by atoms with Crippen molar-refractivity contribution in [3.63, 3.8) is 0 Å². The Morgan fingerprint density at radius 1 is 1.19 bits per heavy atom. The van der Waals surface area contributed by atoms with Crippen LogP contribution in [0.4, 0.5) is 17.6 Å². The SMILES string of the molecule is NC(=O)Cc1ccc(-n2cnc(C(F)(F)F)n2)c(S(N)(=O)=O)c1-c1ccc(F)cc1Cl. The van der Waals surface area contributed by atoms with Gasteiger partial charge in [-0.1, -0.05) is 17.7 Å². The van der Waals surface area contributed by atoms with Gasteiger partial charge in [-0.25, -0.2) is 27.6 Å². The van der Waals surface area contributed by atoms with Crippen LogP contribution in [0.1, 0.15) is 11.4 Å². The first kappa shape index (κ1) is 22.7. The zero-order chi connectivity index (χ0) is 23.1. The van der Waals surface area contributed by atoms with Crippen LogP contribution in [0.3, 0.4) is 0 Å². The van der Waals surface area contributed by atoms with Crippen LogP contribution in [0.15, 0.2) is 41.6 Å². The van der Waals surface area contributed by atoms with Crippen LogP contribution in [-0.2, 0) is 27.4 Å². The maximum atomic E-state index is 13.5. The number of alkyl halides is 3. The quantitative estimate of drug-likeness (QED) is 0.544. The maximum Gasteiger partial charge on any atom is 0.453 e. The fraction of sp³-hybridized carbons (Fsp3) is 0.118. The lowest BCUT2D eigenvalue weighted by Gasteiger charge is -2.18. The van der Waals surface area contributed by atoms with E-state index in [9.17, 15) is 30.8 Å². The monoisotopic (exact) mass is 477 g/mol. The highest BCUT2D eigenvalue weighted by molar-refractivity contribution is 7.89. The minimum absolute atomic E-state index is 0.0404. The van der Waals surface area contributed by atoms with Crippen molar-refractivity contribution in [1.29, 1.82) is 0 Å². The smallest absolute Gasteiger partial charge is 0.369 e. The van der Waals surface area contributed by atoms with Crippen molar-refractivity contribution in [3.8, 4) is 16.8 Å². The van der Waals surface area contributed by atoms with Crippen LogP contribution in [-0.4, -0.2) is 29.1 Å². The summed E-state index contributed by atoms with van der Waals surface area (Å²) >= 11 is 6.08. The average Bonchev–Trinajstić information content (AvgIpc) is 3.11. The molecule has 0 radical (unpaired) electrons. The van der Waals surface area contributed by atoms with Gasteiger partial charge in [-0.05, 0) is 29.8 Å². The van der Waals surface area contributed by atoms with E-state index in [1.807, 2.05) is 0 Å². The number of nitrogens with two attached hydrogens (primary N) is 2. The largest absolute Gasteiger partial charge is 0.453 e. The molecule has 0 aliphatic rings. The molecule has 14 heteroatoms. The summed E-state index contributed by atoms with van der Waals surface area (Å²) in [6.45, 7) is 0. The summed E-state index contributed by atoms with van der Waals surface area (Å²) in [4.78, 5) is 14.0. The number of primary amides is 1. The highest BCUT2D eigenvalue weighted by Gasteiger charge is 2.36. The van der Waals surface area contributed by atoms with Crippen molar-refractivity contribution in [1.82, 2.24) is 14.8 Å². The minimum atomic E-state index is -4.89. The fourth-order valence-electron chi connectivity index (χ4n) is 2.91. The molecule has 164 valence electrons. The van der Waals surface area contributed by atoms with Gasteiger partial charge < -0.3 is 5.73 Å². The molecule has 8 nitrogen and oxygen atoms in total. The topological polar surface area (TPSA) is 134 Å². The Kier molecular flexibility index (Phi) is 5.78. The van der Waals surface area contributed by atoms with E-state index in [4.69, 9.17) is 22.5 Å². The molecule has 0 aliphatic carbocycles. The summed E-state index contributed by atoms with van der Waals surface area (Å²) in [5.74, 6) is -3.09. The lowest BCUT2D eigenvalue weighted by atomic mass is 9.96. The fourth-order valence-corrected chi connectivity index (χ4v) is 4.15. The minimum Gasteiger partial charge on any atom is -0.369 e. The number of carbonyl (C=O) groups excluding carboxylic acids is 1. The molecule has 4 N–H and O–H groups in total. The van der Waals surface area contributed by atoms with Gasteiger partial charge in [0.2, 0.25) is 15.9 Å². The van der Waals surface area contributed by atoms with Gasteiger partial charge in [0.1, 0.15) is 17.0 Å². The van der Waals surface area contributed by atoms with Gasteiger partial charge in [-0.15, -0.1) is 5.10 Å². The molecule has 0 unspecified atom stereocenters. The van der Waals surface area contributed by atoms with Gasteiger partial charge in [-0.3, -0.25) is 4.79 Å². The number of carbonyl (C=O) groups is 1. The summed E-state index contributed by atoms with van der Waals surface area (Å²) in [5.41, 5.74) is 4.61. The molecule has 0 saturated carbocycles. The molecule has 0 bridgehead atoms. The highest BCUT2D eigenvalue weighted by atomic mass is 35.5. The normalized spacial score (nSPS) is 12.2. The van der Waals surface area contributed by atoms with Gasteiger partial charge >= 0.3 is 6.18 Å². The van der Waals surface area contributed by atoms with Gasteiger partial charge in [0.05, 0.1) is 17.1 Å². The standard InChI is InChI=1S/C17H12ClF4N5O3S/c18-11-6-9(19)2-3-10(11)14-8(5-13(23)28)1-4-12(15(14)31(24,29)30)27-7-25-16(26-27)17(20,21)22/h1-4,6-7H,5H2,(H2,23,28)(H2,24,29,30). The van der Waals surface area contributed by atoms with Crippen molar-refractivity contribution in [2.24, 2.45) is 10.9 Å². The number of amides is 1. The number of sulfonamides is 1. The van der Waals surface area contributed by atoms with E-state index in [0.29, 0.717) is 11.0 Å². The highest BCUT2D eigenvalue weighted by Crippen LogP contribution is 2.39. The maximum absolute atomic E-state index is 13.5. The Morgan fingerprint density at radius 2 is 1.87 bits per heavy atom. The number of hydrogen-bond acceptors (Lipinski definition) is 5. The molecule has 0 aliphatic heterocycles. The Balaban J connectivity index is 2.42. The number of nitrogens with zero attached hydrogens (tertiary/aromatic N) is 3. The molecule has 3 rings (SSSR count). The number of rotatable bonds is 5. The molecule has 1 aromatic heterocycles. The lowest BCUT2D eigenvalue weighted by molar-refractivity contribution is -0.144. The molecule has 0 fully saturated rings. The van der Waals surface area contributed by atoms with Crippen LogP contribution < -0.4 is 10.9 Å². The van der Waals surface area contributed by atoms with Crippen molar-refractivity contribution in [2.75, 3.05) is 0 Å². The summed E-state index contributed by atoms with van der Waals surface area (Å²) < 4.78 is 77.8. The van der Waals surface area contributed by atoms with E-state index in [0.717, 1.165) is 24.3 Å². The van der Waals surface area contributed by atoms with E-state index in [1.165, 1.54) is 6.07 Å². The van der Waals surface area contributed by atoms with Gasteiger partial charge in [0.25, 0.3) is 5.82 Å². The molecule has 1 amide bonds. The number of aromatic nitrogens is 3. The van der Waals surface area contributed by atoms with Crippen molar-refractivity contribution < 1.29 is 30.8 Å². The summed E-state index contributed by atoms with van der Waals surface area (Å²) in [7, 11) is -4.65. The molecular formula is C17H12ClF4N5O3S. The second-order valence-corrected chi connectivity index (χ2v) is 8.18. The molecule has 0 saturated heterocycles. The predicted molar refractivity (Wildman–Crippen MR) is 101 cm³/mol. The zero-order valence-electron chi connectivity index (χ0n) is 15.2. The first-order chi connectivity index (χ1) is 14.3. The Morgan fingerprint density at radius 3 is 2.39 bits per heavy atom. The molecule has 0 spiro atoms. The first-order valence-corrected chi connectivity index (χ1v) is 10.1. The van der Waals surface area contributed by atoms with E-state index in [2.05, 4.69) is 10.1 Å². The Labute approximate surface area is 177 Å². The lowest BCUT2D eigenvalue weighted by Crippen LogP contribution is -2.20. The molecule has 1 heterocycles. The number of hydrogen-bond donors (Lipinski definition) is 2. The third kappa shape index (κ3) is 4.68. The second-order valence-electron chi connectivity index (χ2n) is 6.27. The Hall–Kier alpha value is -3.03. The molecule has 2 aromatic carbocycles. The third-order valence-corrected chi connectivity index (χ3v) is 5.36. The summed E-state index contributed by atoms with van der Waals surface area (Å²) in [6, 6.07) is 5.35. The van der Waals surface area contributed by atoms with E-state index >= 15 is 0 Å². The molecule has 31 heavy (non-hydrogen) atoms. The van der Waals surface area contributed by atoms with Crippen LogP contribution in [0.5, 0.6) is 0 Å². The molecular weight excluding hydrogens is 466 g/mol. The predicted octanol–water partition coefficient (Wildman–Crippen LogP) is 2.42. The average molecular weight is 478 g/mol. The van der Waals surface area contributed by atoms with Gasteiger partial charge in [0.15, 0.2) is 0 Å². The van der Waals surface area contributed by atoms with Gasteiger partial charge in [0, 0.05) is 11.1 Å². The number of primary sulfonamides is 1. The van der Waals surface area contributed by atoms with E-state index in [1.54, 1.807) is 0 Å². The Bertz CT molecular complexity index is 1290. The number of benzene rings is 2. The zero-order valence-corrected chi connectivity index (χ0v) is 16.8.